The van der Waals surface area contributed by atoms with Crippen LogP contribution in [0.5, 0.6) is 5.75 Å². The molecule has 0 amide bonds. The van der Waals surface area contributed by atoms with Gasteiger partial charge in [0.15, 0.2) is 5.76 Å². The van der Waals surface area contributed by atoms with Crippen molar-refractivity contribution in [1.29, 1.82) is 0 Å². The molecule has 20 heavy (non-hydrogen) atoms. The van der Waals surface area contributed by atoms with Crippen LogP contribution in [0.1, 0.15) is 21.7 Å². The summed E-state index contributed by atoms with van der Waals surface area (Å²) >= 11 is 0. The van der Waals surface area contributed by atoms with E-state index < -0.39 is 0 Å². The molecule has 0 aliphatic heterocycles. The lowest BCUT2D eigenvalue weighted by Gasteiger charge is -2.04. The van der Waals surface area contributed by atoms with Gasteiger partial charge in [0.2, 0.25) is 5.78 Å². The van der Waals surface area contributed by atoms with Gasteiger partial charge in [0.1, 0.15) is 11.3 Å². The first-order valence-electron chi connectivity index (χ1n) is 6.37. The number of rotatable bonds is 3. The molecule has 0 aliphatic rings. The fourth-order valence-electron chi connectivity index (χ4n) is 2.24. The molecule has 0 aliphatic carbocycles. The lowest BCUT2D eigenvalue weighted by Crippen LogP contribution is -2.02. The molecule has 0 spiro atoms. The van der Waals surface area contributed by atoms with Gasteiger partial charge in [-0.05, 0) is 37.3 Å². The van der Waals surface area contributed by atoms with E-state index in [-0.39, 0.29) is 5.78 Å². The van der Waals surface area contributed by atoms with E-state index in [0.717, 1.165) is 10.9 Å². The largest absolute Gasteiger partial charge is 0.496 e. The third-order valence-corrected chi connectivity index (χ3v) is 3.25. The molecule has 0 atom stereocenters. The summed E-state index contributed by atoms with van der Waals surface area (Å²) < 4.78 is 10.9. The molecule has 3 nitrogen and oxygen atoms in total. The predicted molar refractivity (Wildman–Crippen MR) is 77.4 cm³/mol. The summed E-state index contributed by atoms with van der Waals surface area (Å²) in [5, 5.41) is 0.934. The first kappa shape index (κ1) is 12.5. The Labute approximate surface area is 116 Å². The fourth-order valence-corrected chi connectivity index (χ4v) is 2.24. The maximum atomic E-state index is 12.5. The van der Waals surface area contributed by atoms with Crippen LogP contribution >= 0.6 is 0 Å². The maximum absolute atomic E-state index is 12.5. The molecule has 100 valence electrons. The molecular weight excluding hydrogens is 252 g/mol. The predicted octanol–water partition coefficient (Wildman–Crippen LogP) is 3.98. The number of fused-ring (bicyclic) bond motifs is 1. The van der Waals surface area contributed by atoms with E-state index in [1.807, 2.05) is 37.3 Å². The van der Waals surface area contributed by atoms with Crippen LogP contribution in [0.3, 0.4) is 0 Å². The molecule has 3 rings (SSSR count). The molecule has 1 heterocycles. The lowest BCUT2D eigenvalue weighted by molar-refractivity contribution is 0.101. The lowest BCUT2D eigenvalue weighted by atomic mass is 10.1. The monoisotopic (exact) mass is 266 g/mol. The van der Waals surface area contributed by atoms with Gasteiger partial charge < -0.3 is 9.15 Å². The number of carbonyl (C=O) groups is 1. The highest BCUT2D eigenvalue weighted by atomic mass is 16.5. The third-order valence-electron chi connectivity index (χ3n) is 3.25. The van der Waals surface area contributed by atoms with Crippen LogP contribution in [0, 0.1) is 6.92 Å². The zero-order valence-electron chi connectivity index (χ0n) is 11.3. The van der Waals surface area contributed by atoms with Crippen molar-refractivity contribution in [2.24, 2.45) is 0 Å². The number of hydrogen-bond donors (Lipinski definition) is 0. The number of carbonyl (C=O) groups excluding carboxylic acids is 1. The van der Waals surface area contributed by atoms with Crippen LogP contribution < -0.4 is 4.74 Å². The molecule has 0 N–H and O–H groups in total. The molecule has 0 saturated heterocycles. The number of hydrogen-bond acceptors (Lipinski definition) is 3. The Morgan fingerprint density at radius 2 is 1.90 bits per heavy atom. The Morgan fingerprint density at radius 1 is 1.10 bits per heavy atom. The van der Waals surface area contributed by atoms with Gasteiger partial charge in [-0.15, -0.1) is 0 Å². The van der Waals surface area contributed by atoms with Gasteiger partial charge in [-0.1, -0.05) is 23.8 Å². The second kappa shape index (κ2) is 4.85. The van der Waals surface area contributed by atoms with Crippen LogP contribution in [0.2, 0.25) is 0 Å². The summed E-state index contributed by atoms with van der Waals surface area (Å²) in [7, 11) is 1.55. The smallest absolute Gasteiger partial charge is 0.231 e. The zero-order valence-corrected chi connectivity index (χ0v) is 11.3. The summed E-state index contributed by atoms with van der Waals surface area (Å²) in [4.78, 5) is 12.5. The zero-order chi connectivity index (χ0) is 14.1. The number of furan rings is 1. The number of ketones is 1. The Kier molecular flexibility index (Phi) is 3.03. The van der Waals surface area contributed by atoms with E-state index in [9.17, 15) is 4.79 Å². The van der Waals surface area contributed by atoms with E-state index in [4.69, 9.17) is 9.15 Å². The number of benzene rings is 2. The van der Waals surface area contributed by atoms with E-state index in [0.29, 0.717) is 22.7 Å². The van der Waals surface area contributed by atoms with Crippen LogP contribution in [0.25, 0.3) is 11.0 Å². The van der Waals surface area contributed by atoms with Gasteiger partial charge in [-0.25, -0.2) is 0 Å². The van der Waals surface area contributed by atoms with Crippen molar-refractivity contribution in [3.8, 4) is 5.75 Å². The summed E-state index contributed by atoms with van der Waals surface area (Å²) in [6.07, 6.45) is 0. The minimum atomic E-state index is -0.170. The Morgan fingerprint density at radius 3 is 2.70 bits per heavy atom. The third kappa shape index (κ3) is 2.07. The van der Waals surface area contributed by atoms with Crippen molar-refractivity contribution in [2.75, 3.05) is 7.11 Å². The Balaban J connectivity index is 2.08. The highest BCUT2D eigenvalue weighted by molar-refractivity contribution is 6.10. The van der Waals surface area contributed by atoms with Gasteiger partial charge in [0.25, 0.3) is 0 Å². The van der Waals surface area contributed by atoms with E-state index >= 15 is 0 Å². The van der Waals surface area contributed by atoms with Crippen molar-refractivity contribution in [1.82, 2.24) is 0 Å². The maximum Gasteiger partial charge on any atom is 0.231 e. The van der Waals surface area contributed by atoms with Crippen molar-refractivity contribution in [3.05, 3.63) is 65.4 Å². The molecule has 3 heteroatoms. The van der Waals surface area contributed by atoms with Crippen molar-refractivity contribution < 1.29 is 13.9 Å². The number of methoxy groups -OCH3 is 1. The topological polar surface area (TPSA) is 39.4 Å². The second-order valence-electron chi connectivity index (χ2n) is 4.68. The van der Waals surface area contributed by atoms with Crippen LogP contribution in [0.4, 0.5) is 0 Å². The summed E-state index contributed by atoms with van der Waals surface area (Å²) in [5.41, 5.74) is 2.36. The highest BCUT2D eigenvalue weighted by Crippen LogP contribution is 2.26. The summed E-state index contributed by atoms with van der Waals surface area (Å²) in [6.45, 7) is 2.01. The number of aryl methyl sites for hydroxylation is 1. The molecule has 3 aromatic rings. The summed E-state index contributed by atoms with van der Waals surface area (Å²) in [5.74, 6) is 0.709. The quantitative estimate of drug-likeness (QED) is 0.673. The van der Waals surface area contributed by atoms with Gasteiger partial charge in [-0.2, -0.15) is 0 Å². The van der Waals surface area contributed by atoms with Gasteiger partial charge in [-0.3, -0.25) is 4.79 Å². The van der Waals surface area contributed by atoms with E-state index in [1.54, 1.807) is 25.3 Å². The molecule has 0 saturated carbocycles. The van der Waals surface area contributed by atoms with Crippen molar-refractivity contribution in [3.63, 3.8) is 0 Å². The Hall–Kier alpha value is -2.55. The van der Waals surface area contributed by atoms with Crippen LogP contribution in [0.15, 0.2) is 52.9 Å². The molecule has 0 radical (unpaired) electrons. The first-order valence-corrected chi connectivity index (χ1v) is 6.37. The van der Waals surface area contributed by atoms with Gasteiger partial charge >= 0.3 is 0 Å². The molecular formula is C17H14O3. The molecule has 0 unspecified atom stereocenters. The number of para-hydroxylation sites is 1. The molecule has 2 aromatic carbocycles. The number of ether oxygens (including phenoxy) is 1. The van der Waals surface area contributed by atoms with E-state index in [2.05, 4.69) is 0 Å². The molecule has 0 bridgehead atoms. The van der Waals surface area contributed by atoms with Crippen molar-refractivity contribution >= 4 is 16.8 Å². The SMILES string of the molecule is COc1ccccc1C(=O)c1cc2cc(C)ccc2o1. The molecule has 1 aromatic heterocycles. The second-order valence-corrected chi connectivity index (χ2v) is 4.68. The normalized spacial score (nSPS) is 10.7. The minimum Gasteiger partial charge on any atom is -0.496 e. The Bertz CT molecular complexity index is 784. The fraction of sp³-hybridized carbons (Fsp3) is 0.118. The molecule has 0 fully saturated rings. The van der Waals surface area contributed by atoms with Gasteiger partial charge in [0.05, 0.1) is 12.7 Å². The average molecular weight is 266 g/mol. The minimum absolute atomic E-state index is 0.170. The summed E-state index contributed by atoms with van der Waals surface area (Å²) in [6, 6.07) is 14.8. The highest BCUT2D eigenvalue weighted by Gasteiger charge is 2.18. The van der Waals surface area contributed by atoms with Gasteiger partial charge in [0, 0.05) is 5.39 Å². The standard InChI is InChI=1S/C17H14O3/c1-11-7-8-14-12(9-11)10-16(20-14)17(18)13-5-3-4-6-15(13)19-2/h3-10H,1-2H3. The first-order chi connectivity index (χ1) is 9.69. The average Bonchev–Trinajstić information content (AvgIpc) is 2.89. The van der Waals surface area contributed by atoms with Crippen molar-refractivity contribution in [2.45, 2.75) is 6.92 Å². The van der Waals surface area contributed by atoms with Crippen LogP contribution in [-0.4, -0.2) is 12.9 Å². The van der Waals surface area contributed by atoms with Crippen LogP contribution in [-0.2, 0) is 0 Å². The van der Waals surface area contributed by atoms with E-state index in [1.165, 1.54) is 0 Å².